The molecule has 1 N–H and O–H groups in total. The molecule has 0 atom stereocenters. The summed E-state index contributed by atoms with van der Waals surface area (Å²) >= 11 is 1.40. The van der Waals surface area contributed by atoms with Crippen molar-refractivity contribution in [2.45, 2.75) is 6.92 Å². The second-order valence-corrected chi connectivity index (χ2v) is 5.20. The van der Waals surface area contributed by atoms with Crippen LogP contribution in [-0.2, 0) is 0 Å². The van der Waals surface area contributed by atoms with Gasteiger partial charge < -0.3 is 9.15 Å². The maximum atomic E-state index is 12.1. The van der Waals surface area contributed by atoms with Gasteiger partial charge in [-0.05, 0) is 25.1 Å². The monoisotopic (exact) mass is 288 g/mol. The van der Waals surface area contributed by atoms with Crippen LogP contribution in [0.5, 0.6) is 5.75 Å². The van der Waals surface area contributed by atoms with Gasteiger partial charge in [0.15, 0.2) is 5.13 Å². The van der Waals surface area contributed by atoms with Crippen LogP contribution in [0.2, 0.25) is 0 Å². The van der Waals surface area contributed by atoms with E-state index in [1.54, 1.807) is 20.1 Å². The SMILES string of the molecule is COc1cccc2sc(NC(=O)c3ccoc3C)nc12. The van der Waals surface area contributed by atoms with E-state index in [0.29, 0.717) is 22.2 Å². The van der Waals surface area contributed by atoms with Crippen molar-refractivity contribution in [3.05, 3.63) is 41.9 Å². The average molecular weight is 288 g/mol. The first kappa shape index (κ1) is 12.7. The highest BCUT2D eigenvalue weighted by Crippen LogP contribution is 2.32. The Bertz CT molecular complexity index is 776. The van der Waals surface area contributed by atoms with Crippen LogP contribution in [0.1, 0.15) is 16.1 Å². The van der Waals surface area contributed by atoms with Crippen LogP contribution in [0.15, 0.2) is 34.9 Å². The minimum Gasteiger partial charge on any atom is -0.494 e. The van der Waals surface area contributed by atoms with Crippen molar-refractivity contribution in [2.75, 3.05) is 12.4 Å². The van der Waals surface area contributed by atoms with Crippen LogP contribution in [0.25, 0.3) is 10.2 Å². The molecule has 0 aliphatic heterocycles. The van der Waals surface area contributed by atoms with Crippen LogP contribution in [0.3, 0.4) is 0 Å². The predicted molar refractivity (Wildman–Crippen MR) is 77.6 cm³/mol. The zero-order valence-corrected chi connectivity index (χ0v) is 11.8. The third-order valence-corrected chi connectivity index (χ3v) is 3.86. The van der Waals surface area contributed by atoms with E-state index in [4.69, 9.17) is 9.15 Å². The number of para-hydroxylation sites is 1. The van der Waals surface area contributed by atoms with Gasteiger partial charge in [0, 0.05) is 0 Å². The molecule has 0 aliphatic carbocycles. The Morgan fingerprint density at radius 2 is 2.25 bits per heavy atom. The number of nitrogens with one attached hydrogen (secondary N) is 1. The molecule has 3 rings (SSSR count). The molecule has 0 spiro atoms. The molecular weight excluding hydrogens is 276 g/mol. The number of hydrogen-bond donors (Lipinski definition) is 1. The summed E-state index contributed by atoms with van der Waals surface area (Å²) in [7, 11) is 1.60. The number of amides is 1. The van der Waals surface area contributed by atoms with Crippen LogP contribution >= 0.6 is 11.3 Å². The first-order chi connectivity index (χ1) is 9.69. The maximum absolute atomic E-state index is 12.1. The van der Waals surface area contributed by atoms with Crippen LogP contribution in [0.4, 0.5) is 5.13 Å². The number of furan rings is 1. The molecule has 0 saturated carbocycles. The van der Waals surface area contributed by atoms with E-state index in [1.165, 1.54) is 17.6 Å². The van der Waals surface area contributed by atoms with Gasteiger partial charge in [0.05, 0.1) is 23.6 Å². The third kappa shape index (κ3) is 2.14. The zero-order valence-electron chi connectivity index (χ0n) is 11.0. The van der Waals surface area contributed by atoms with Crippen molar-refractivity contribution < 1.29 is 13.9 Å². The molecular formula is C14H12N2O3S. The number of fused-ring (bicyclic) bond motifs is 1. The van der Waals surface area contributed by atoms with Crippen molar-refractivity contribution >= 4 is 32.6 Å². The van der Waals surface area contributed by atoms with E-state index in [-0.39, 0.29) is 5.91 Å². The van der Waals surface area contributed by atoms with Gasteiger partial charge in [-0.25, -0.2) is 4.98 Å². The Kier molecular flexibility index (Phi) is 3.15. The summed E-state index contributed by atoms with van der Waals surface area (Å²) in [6.45, 7) is 1.75. The van der Waals surface area contributed by atoms with Gasteiger partial charge in [0.2, 0.25) is 0 Å². The van der Waals surface area contributed by atoms with E-state index in [0.717, 1.165) is 10.2 Å². The van der Waals surface area contributed by atoms with Gasteiger partial charge in [-0.1, -0.05) is 17.4 Å². The van der Waals surface area contributed by atoms with Crippen molar-refractivity contribution in [1.29, 1.82) is 0 Å². The number of rotatable bonds is 3. The summed E-state index contributed by atoms with van der Waals surface area (Å²) in [6.07, 6.45) is 1.49. The molecule has 0 bridgehead atoms. The number of benzene rings is 1. The first-order valence-electron chi connectivity index (χ1n) is 5.98. The molecule has 0 aliphatic rings. The number of anilines is 1. The molecule has 6 heteroatoms. The van der Waals surface area contributed by atoms with Gasteiger partial charge in [-0.2, -0.15) is 0 Å². The molecule has 2 aromatic heterocycles. The largest absolute Gasteiger partial charge is 0.494 e. The fraction of sp³-hybridized carbons (Fsp3) is 0.143. The number of ether oxygens (including phenoxy) is 1. The predicted octanol–water partition coefficient (Wildman–Crippen LogP) is 3.46. The highest BCUT2D eigenvalue weighted by Gasteiger charge is 2.15. The third-order valence-electron chi connectivity index (χ3n) is 2.93. The summed E-state index contributed by atoms with van der Waals surface area (Å²) < 4.78 is 11.3. The molecule has 102 valence electrons. The number of thiazole rings is 1. The van der Waals surface area contributed by atoms with Gasteiger partial charge in [-0.15, -0.1) is 0 Å². The van der Waals surface area contributed by atoms with Gasteiger partial charge in [-0.3, -0.25) is 10.1 Å². The topological polar surface area (TPSA) is 64.4 Å². The summed E-state index contributed by atoms with van der Waals surface area (Å²) in [5.41, 5.74) is 1.26. The number of methoxy groups -OCH3 is 1. The number of aryl methyl sites for hydroxylation is 1. The van der Waals surface area contributed by atoms with Gasteiger partial charge in [0.25, 0.3) is 5.91 Å². The molecule has 2 heterocycles. The van der Waals surface area contributed by atoms with Gasteiger partial charge in [0.1, 0.15) is 17.0 Å². The Morgan fingerprint density at radius 1 is 1.40 bits per heavy atom. The second-order valence-electron chi connectivity index (χ2n) is 4.17. The van der Waals surface area contributed by atoms with E-state index in [9.17, 15) is 4.79 Å². The Hall–Kier alpha value is -2.34. The highest BCUT2D eigenvalue weighted by molar-refractivity contribution is 7.22. The van der Waals surface area contributed by atoms with Crippen molar-refractivity contribution in [1.82, 2.24) is 4.98 Å². The summed E-state index contributed by atoms with van der Waals surface area (Å²) in [4.78, 5) is 16.5. The molecule has 1 amide bonds. The van der Waals surface area contributed by atoms with E-state index in [2.05, 4.69) is 10.3 Å². The molecule has 3 aromatic rings. The Balaban J connectivity index is 1.92. The lowest BCUT2D eigenvalue weighted by atomic mass is 10.2. The van der Waals surface area contributed by atoms with Crippen molar-refractivity contribution in [3.63, 3.8) is 0 Å². The number of aromatic nitrogens is 1. The number of nitrogens with zero attached hydrogens (tertiary/aromatic N) is 1. The lowest BCUT2D eigenvalue weighted by Crippen LogP contribution is -2.11. The molecule has 0 radical (unpaired) electrons. The number of hydrogen-bond acceptors (Lipinski definition) is 5. The van der Waals surface area contributed by atoms with Crippen LogP contribution < -0.4 is 10.1 Å². The van der Waals surface area contributed by atoms with Crippen LogP contribution in [0, 0.1) is 6.92 Å². The second kappa shape index (κ2) is 4.97. The Morgan fingerprint density at radius 3 is 2.95 bits per heavy atom. The molecule has 5 nitrogen and oxygen atoms in total. The normalized spacial score (nSPS) is 10.7. The maximum Gasteiger partial charge on any atom is 0.260 e. The standard InChI is InChI=1S/C14H12N2O3S/c1-8-9(6-7-19-8)13(17)16-14-15-12-10(18-2)4-3-5-11(12)20-14/h3-7H,1-2H3,(H,15,16,17). The minimum atomic E-state index is -0.228. The summed E-state index contributed by atoms with van der Waals surface area (Å²) in [5, 5.41) is 3.32. The van der Waals surface area contributed by atoms with E-state index < -0.39 is 0 Å². The van der Waals surface area contributed by atoms with Crippen LogP contribution in [-0.4, -0.2) is 18.0 Å². The molecule has 0 unspecified atom stereocenters. The lowest BCUT2D eigenvalue weighted by Gasteiger charge is -1.99. The fourth-order valence-corrected chi connectivity index (χ4v) is 2.80. The van der Waals surface area contributed by atoms with Crippen molar-refractivity contribution in [3.8, 4) is 5.75 Å². The minimum absolute atomic E-state index is 0.228. The molecule has 0 fully saturated rings. The van der Waals surface area contributed by atoms with Gasteiger partial charge >= 0.3 is 0 Å². The average Bonchev–Trinajstić information content (AvgIpc) is 3.03. The zero-order chi connectivity index (χ0) is 14.1. The lowest BCUT2D eigenvalue weighted by molar-refractivity contribution is 0.102. The summed E-state index contributed by atoms with van der Waals surface area (Å²) in [6, 6.07) is 7.31. The van der Waals surface area contributed by atoms with Crippen molar-refractivity contribution in [2.24, 2.45) is 0 Å². The van der Waals surface area contributed by atoms with E-state index in [1.807, 2.05) is 18.2 Å². The number of carbonyl (C=O) groups is 1. The molecule has 0 saturated heterocycles. The highest BCUT2D eigenvalue weighted by atomic mass is 32.1. The fourth-order valence-electron chi connectivity index (χ4n) is 1.93. The summed E-state index contributed by atoms with van der Waals surface area (Å²) in [5.74, 6) is 1.05. The smallest absolute Gasteiger partial charge is 0.260 e. The Labute approximate surface area is 119 Å². The first-order valence-corrected chi connectivity index (χ1v) is 6.79. The van der Waals surface area contributed by atoms with E-state index >= 15 is 0 Å². The molecule has 20 heavy (non-hydrogen) atoms. The number of carbonyl (C=O) groups excluding carboxylic acids is 1. The molecule has 1 aromatic carbocycles. The quantitative estimate of drug-likeness (QED) is 0.801.